The Balaban J connectivity index is 1.64. The van der Waals surface area contributed by atoms with E-state index in [0.29, 0.717) is 40.5 Å². The number of nitrogens with zero attached hydrogens (tertiary/aromatic N) is 4. The van der Waals surface area contributed by atoms with E-state index in [-0.39, 0.29) is 0 Å². The number of carbonyl (C=O) groups excluding carboxylic acids is 1. The molecule has 0 aliphatic heterocycles. The van der Waals surface area contributed by atoms with Crippen LogP contribution in [-0.4, -0.2) is 35.0 Å². The lowest BCUT2D eigenvalue weighted by atomic mass is 10.1. The third-order valence-electron chi connectivity index (χ3n) is 5.78. The van der Waals surface area contributed by atoms with E-state index < -0.39 is 6.03 Å². The SMILES string of the molecule is CCc1cncc(Cl)c1NC(=O)Nc1cc(-c2cccc(Sc3ccc(OC)cc3)c2)nn(CC)c1=NC. The lowest BCUT2D eigenvalue weighted by Gasteiger charge is -2.15. The molecule has 196 valence electrons. The van der Waals surface area contributed by atoms with Crippen molar-refractivity contribution in [3.8, 4) is 17.0 Å². The second kappa shape index (κ2) is 12.6. The van der Waals surface area contributed by atoms with Crippen LogP contribution in [0.1, 0.15) is 19.4 Å². The molecule has 38 heavy (non-hydrogen) atoms. The zero-order chi connectivity index (χ0) is 27.1. The molecule has 2 aromatic carbocycles. The van der Waals surface area contributed by atoms with Crippen molar-refractivity contribution in [2.75, 3.05) is 24.8 Å². The molecule has 0 fully saturated rings. The van der Waals surface area contributed by atoms with Crippen molar-refractivity contribution < 1.29 is 9.53 Å². The van der Waals surface area contributed by atoms with Crippen molar-refractivity contribution in [2.24, 2.45) is 4.99 Å². The number of anilines is 2. The molecule has 0 spiro atoms. The molecule has 2 N–H and O–H groups in total. The minimum Gasteiger partial charge on any atom is -0.497 e. The normalized spacial score (nSPS) is 11.3. The van der Waals surface area contributed by atoms with Crippen LogP contribution in [0.15, 0.2) is 81.8 Å². The van der Waals surface area contributed by atoms with Crippen LogP contribution in [0.5, 0.6) is 5.75 Å². The van der Waals surface area contributed by atoms with Crippen molar-refractivity contribution in [2.45, 2.75) is 36.6 Å². The van der Waals surface area contributed by atoms with E-state index in [4.69, 9.17) is 21.4 Å². The number of methoxy groups -OCH3 is 1. The third kappa shape index (κ3) is 6.35. The second-order valence-electron chi connectivity index (χ2n) is 8.20. The van der Waals surface area contributed by atoms with Gasteiger partial charge in [-0.3, -0.25) is 9.98 Å². The number of aryl methyl sites for hydroxylation is 2. The summed E-state index contributed by atoms with van der Waals surface area (Å²) in [4.78, 5) is 23.7. The molecule has 10 heteroatoms. The summed E-state index contributed by atoms with van der Waals surface area (Å²) in [5.74, 6) is 0.819. The summed E-state index contributed by atoms with van der Waals surface area (Å²) in [5, 5.41) is 11.0. The minimum absolute atomic E-state index is 0.380. The van der Waals surface area contributed by atoms with Gasteiger partial charge >= 0.3 is 6.03 Å². The molecule has 0 atom stereocenters. The Hall–Kier alpha value is -3.82. The van der Waals surface area contributed by atoms with Gasteiger partial charge in [0.05, 0.1) is 29.2 Å². The van der Waals surface area contributed by atoms with E-state index >= 15 is 0 Å². The fourth-order valence-electron chi connectivity index (χ4n) is 3.89. The topological polar surface area (TPSA) is 93.4 Å². The van der Waals surface area contributed by atoms with Crippen molar-refractivity contribution in [3.63, 3.8) is 0 Å². The van der Waals surface area contributed by atoms with E-state index in [9.17, 15) is 4.79 Å². The zero-order valence-electron chi connectivity index (χ0n) is 21.7. The molecule has 2 amide bonds. The molecule has 0 unspecified atom stereocenters. The number of benzene rings is 2. The molecular weight excluding hydrogens is 520 g/mol. The van der Waals surface area contributed by atoms with E-state index in [2.05, 4.69) is 32.7 Å². The molecular formula is C28H29ClN6O2S. The first kappa shape index (κ1) is 27.2. The molecule has 8 nitrogen and oxygen atoms in total. The summed E-state index contributed by atoms with van der Waals surface area (Å²) in [6.45, 7) is 4.54. The van der Waals surface area contributed by atoms with Crippen LogP contribution in [0.4, 0.5) is 16.2 Å². The lowest BCUT2D eigenvalue weighted by Crippen LogP contribution is -2.31. The molecule has 4 aromatic rings. The maximum Gasteiger partial charge on any atom is 0.323 e. The van der Waals surface area contributed by atoms with Crippen molar-refractivity contribution in [1.29, 1.82) is 0 Å². The predicted molar refractivity (Wildman–Crippen MR) is 153 cm³/mol. The maximum atomic E-state index is 13.0. The summed E-state index contributed by atoms with van der Waals surface area (Å²) < 4.78 is 7.02. The number of carbonyl (C=O) groups is 1. The summed E-state index contributed by atoms with van der Waals surface area (Å²) in [5.41, 5.74) is 4.11. The fraction of sp³-hybridized carbons (Fsp3) is 0.214. The molecule has 0 bridgehead atoms. The number of halogens is 1. The molecule has 0 aliphatic carbocycles. The number of rotatable bonds is 8. The highest BCUT2D eigenvalue weighted by Crippen LogP contribution is 2.32. The molecule has 2 heterocycles. The average Bonchev–Trinajstić information content (AvgIpc) is 2.94. The van der Waals surface area contributed by atoms with Gasteiger partial charge < -0.3 is 15.4 Å². The van der Waals surface area contributed by atoms with Crippen LogP contribution in [0.25, 0.3) is 11.3 Å². The first-order chi connectivity index (χ1) is 18.4. The summed E-state index contributed by atoms with van der Waals surface area (Å²) >= 11 is 7.96. The van der Waals surface area contributed by atoms with Crippen molar-refractivity contribution in [3.05, 3.63) is 83.1 Å². The molecule has 2 aromatic heterocycles. The number of ether oxygens (including phenoxy) is 1. The number of amides is 2. The van der Waals surface area contributed by atoms with Gasteiger partial charge in [-0.2, -0.15) is 5.10 Å². The number of aromatic nitrogens is 3. The number of urea groups is 1. The highest BCUT2D eigenvalue weighted by molar-refractivity contribution is 7.99. The minimum atomic E-state index is -0.429. The number of hydrogen-bond donors (Lipinski definition) is 2. The number of nitrogens with one attached hydrogen (secondary N) is 2. The molecule has 0 saturated heterocycles. The van der Waals surface area contributed by atoms with Crippen LogP contribution in [-0.2, 0) is 13.0 Å². The Morgan fingerprint density at radius 1 is 1.08 bits per heavy atom. The quantitative estimate of drug-likeness (QED) is 0.261. The zero-order valence-corrected chi connectivity index (χ0v) is 23.2. The molecule has 0 aliphatic rings. The van der Waals surface area contributed by atoms with Gasteiger partial charge in [0.2, 0.25) is 0 Å². The summed E-state index contributed by atoms with van der Waals surface area (Å²) in [6, 6.07) is 17.5. The number of hydrogen-bond acceptors (Lipinski definition) is 6. The highest BCUT2D eigenvalue weighted by atomic mass is 35.5. The van der Waals surface area contributed by atoms with E-state index in [1.165, 1.54) is 6.20 Å². The van der Waals surface area contributed by atoms with Gasteiger partial charge in [-0.15, -0.1) is 0 Å². The van der Waals surface area contributed by atoms with Crippen LogP contribution in [0, 0.1) is 0 Å². The lowest BCUT2D eigenvalue weighted by molar-refractivity contribution is 0.262. The third-order valence-corrected chi connectivity index (χ3v) is 7.06. The van der Waals surface area contributed by atoms with Gasteiger partial charge in [0, 0.05) is 41.3 Å². The van der Waals surface area contributed by atoms with Gasteiger partial charge in [0.25, 0.3) is 0 Å². The Bertz CT molecular complexity index is 1500. The second-order valence-corrected chi connectivity index (χ2v) is 9.75. The smallest absolute Gasteiger partial charge is 0.323 e. The van der Waals surface area contributed by atoms with Crippen LogP contribution >= 0.6 is 23.4 Å². The summed E-state index contributed by atoms with van der Waals surface area (Å²) in [7, 11) is 3.33. The molecule has 0 radical (unpaired) electrons. The van der Waals surface area contributed by atoms with Gasteiger partial charge in [-0.05, 0) is 61.4 Å². The summed E-state index contributed by atoms with van der Waals surface area (Å²) in [6.07, 6.45) is 3.88. The Morgan fingerprint density at radius 2 is 1.87 bits per heavy atom. The first-order valence-corrected chi connectivity index (χ1v) is 13.3. The van der Waals surface area contributed by atoms with Gasteiger partial charge in [-0.1, -0.05) is 42.4 Å². The van der Waals surface area contributed by atoms with Crippen molar-refractivity contribution in [1.82, 2.24) is 14.8 Å². The van der Waals surface area contributed by atoms with E-state index in [0.717, 1.165) is 26.7 Å². The van der Waals surface area contributed by atoms with Crippen LogP contribution in [0.2, 0.25) is 5.02 Å². The largest absolute Gasteiger partial charge is 0.497 e. The van der Waals surface area contributed by atoms with Crippen LogP contribution in [0.3, 0.4) is 0 Å². The first-order valence-electron chi connectivity index (χ1n) is 12.1. The Labute approximate surface area is 231 Å². The van der Waals surface area contributed by atoms with Gasteiger partial charge in [-0.25, -0.2) is 9.48 Å². The molecule has 0 saturated carbocycles. The van der Waals surface area contributed by atoms with Gasteiger partial charge in [0.1, 0.15) is 5.75 Å². The Morgan fingerprint density at radius 3 is 2.55 bits per heavy atom. The van der Waals surface area contributed by atoms with Crippen LogP contribution < -0.4 is 20.9 Å². The van der Waals surface area contributed by atoms with E-state index in [1.807, 2.05) is 56.3 Å². The highest BCUT2D eigenvalue weighted by Gasteiger charge is 2.14. The monoisotopic (exact) mass is 548 g/mol. The maximum absolute atomic E-state index is 13.0. The molecule has 4 rings (SSSR count). The fourth-order valence-corrected chi connectivity index (χ4v) is 4.99. The Kier molecular flexibility index (Phi) is 9.04. The number of pyridine rings is 1. The van der Waals surface area contributed by atoms with Crippen molar-refractivity contribution >= 4 is 40.8 Å². The van der Waals surface area contributed by atoms with Gasteiger partial charge in [0.15, 0.2) is 5.49 Å². The van der Waals surface area contributed by atoms with E-state index in [1.54, 1.807) is 36.8 Å². The predicted octanol–water partition coefficient (Wildman–Crippen LogP) is 6.52. The average molecular weight is 549 g/mol. The standard InChI is InChI=1S/C28H29ClN6O2S/c1-5-18-16-31-17-23(29)26(18)33-28(36)32-25-15-24(34-35(6-2)27(25)30-3)19-8-7-9-22(14-19)38-21-12-10-20(37-4)11-13-21/h7-17H,5-6H2,1-4H3,(H2,31,32,33,36).